The summed E-state index contributed by atoms with van der Waals surface area (Å²) in [7, 11) is 2.09. The van der Waals surface area contributed by atoms with Crippen LogP contribution in [0.1, 0.15) is 19.4 Å². The van der Waals surface area contributed by atoms with E-state index in [4.69, 9.17) is 0 Å². The van der Waals surface area contributed by atoms with Crippen molar-refractivity contribution in [3.63, 3.8) is 0 Å². The third-order valence-electron chi connectivity index (χ3n) is 3.56. The van der Waals surface area contributed by atoms with Crippen molar-refractivity contribution >= 4 is 18.2 Å². The number of rotatable bonds is 4. The van der Waals surface area contributed by atoms with Crippen molar-refractivity contribution in [3.8, 4) is 0 Å². The van der Waals surface area contributed by atoms with Crippen LogP contribution in [-0.2, 0) is 6.54 Å². The van der Waals surface area contributed by atoms with Crippen molar-refractivity contribution in [2.45, 2.75) is 26.4 Å². The Labute approximate surface area is 122 Å². The monoisotopic (exact) mass is 284 g/mol. The number of hydrogen-bond donors (Lipinski definition) is 1. The van der Waals surface area contributed by atoms with E-state index in [0.29, 0.717) is 6.04 Å². The van der Waals surface area contributed by atoms with Gasteiger partial charge in [0.05, 0.1) is 0 Å². The molecule has 5 heteroatoms. The smallest absolute Gasteiger partial charge is 0.128 e. The summed E-state index contributed by atoms with van der Waals surface area (Å²) in [5.41, 5.74) is 1.30. The highest BCUT2D eigenvalue weighted by Gasteiger charge is 2.11. The Morgan fingerprint density at radius 1 is 1.32 bits per heavy atom. The second kappa shape index (κ2) is 7.68. The molecule has 1 aliphatic rings. The van der Waals surface area contributed by atoms with Gasteiger partial charge in [-0.1, -0.05) is 6.07 Å². The maximum Gasteiger partial charge on any atom is 0.128 e. The summed E-state index contributed by atoms with van der Waals surface area (Å²) in [5.74, 6) is 1.05. The topological polar surface area (TPSA) is 31.4 Å². The van der Waals surface area contributed by atoms with Gasteiger partial charge in [0, 0.05) is 52.0 Å². The number of nitrogens with zero attached hydrogens (tertiary/aromatic N) is 3. The first-order chi connectivity index (χ1) is 8.66. The summed E-state index contributed by atoms with van der Waals surface area (Å²) < 4.78 is 0. The fourth-order valence-corrected chi connectivity index (χ4v) is 2.11. The van der Waals surface area contributed by atoms with Crippen LogP contribution in [0, 0.1) is 0 Å². The number of aromatic nitrogens is 1. The molecule has 1 saturated heterocycles. The van der Waals surface area contributed by atoms with Crippen LogP contribution in [0.15, 0.2) is 18.3 Å². The van der Waals surface area contributed by atoms with E-state index < -0.39 is 0 Å². The Morgan fingerprint density at radius 2 is 2.00 bits per heavy atom. The molecule has 0 spiro atoms. The van der Waals surface area contributed by atoms with Crippen LogP contribution >= 0.6 is 12.4 Å². The number of pyridine rings is 1. The molecular formula is C14H25ClN4. The minimum absolute atomic E-state index is 0. The molecule has 1 aromatic heterocycles. The predicted octanol–water partition coefficient (Wildman–Crippen LogP) is 1.75. The van der Waals surface area contributed by atoms with E-state index in [9.17, 15) is 0 Å². The van der Waals surface area contributed by atoms with Gasteiger partial charge in [-0.2, -0.15) is 0 Å². The number of halogens is 1. The first kappa shape index (κ1) is 16.2. The van der Waals surface area contributed by atoms with Crippen molar-refractivity contribution < 1.29 is 0 Å². The molecule has 0 radical (unpaired) electrons. The van der Waals surface area contributed by atoms with Crippen LogP contribution in [0.25, 0.3) is 0 Å². The van der Waals surface area contributed by atoms with Gasteiger partial charge in [-0.3, -0.25) is 4.90 Å². The van der Waals surface area contributed by atoms with Gasteiger partial charge in [-0.05, 0) is 25.5 Å². The first-order valence-corrected chi connectivity index (χ1v) is 6.77. The molecule has 0 amide bonds. The van der Waals surface area contributed by atoms with E-state index in [1.165, 1.54) is 5.56 Å². The molecule has 4 nitrogen and oxygen atoms in total. The van der Waals surface area contributed by atoms with Crippen molar-refractivity contribution in [3.05, 3.63) is 23.9 Å². The van der Waals surface area contributed by atoms with Gasteiger partial charge >= 0.3 is 0 Å². The molecule has 2 heterocycles. The van der Waals surface area contributed by atoms with Crippen LogP contribution in [0.4, 0.5) is 5.82 Å². The zero-order valence-corrected chi connectivity index (χ0v) is 12.9. The second-order valence-corrected chi connectivity index (χ2v) is 5.26. The number of hydrogen-bond acceptors (Lipinski definition) is 4. The summed E-state index contributed by atoms with van der Waals surface area (Å²) in [4.78, 5) is 9.21. The highest BCUT2D eigenvalue weighted by Crippen LogP contribution is 2.13. The molecule has 19 heavy (non-hydrogen) atoms. The third kappa shape index (κ3) is 4.64. The van der Waals surface area contributed by atoms with Crippen molar-refractivity contribution in [1.82, 2.24) is 15.2 Å². The number of nitrogens with one attached hydrogen (secondary N) is 1. The van der Waals surface area contributed by atoms with Crippen molar-refractivity contribution in [2.24, 2.45) is 0 Å². The van der Waals surface area contributed by atoms with Crippen molar-refractivity contribution in [2.75, 3.05) is 38.1 Å². The molecule has 0 aromatic carbocycles. The Bertz CT molecular complexity index is 360. The Balaban J connectivity index is 0.00000180. The van der Waals surface area contributed by atoms with Gasteiger partial charge in [-0.25, -0.2) is 4.98 Å². The first-order valence-electron chi connectivity index (χ1n) is 6.77. The van der Waals surface area contributed by atoms with Gasteiger partial charge in [0.25, 0.3) is 0 Å². The molecule has 0 saturated carbocycles. The third-order valence-corrected chi connectivity index (χ3v) is 3.56. The fraction of sp³-hybridized carbons (Fsp3) is 0.643. The van der Waals surface area contributed by atoms with E-state index in [2.05, 4.69) is 53.1 Å². The fourth-order valence-electron chi connectivity index (χ4n) is 2.11. The molecule has 108 valence electrons. The van der Waals surface area contributed by atoms with Gasteiger partial charge in [0.1, 0.15) is 5.82 Å². The SMILES string of the molecule is CC(C)N(C)c1ccc(CN2CCNCC2)cn1.Cl. The molecule has 1 aliphatic heterocycles. The summed E-state index contributed by atoms with van der Waals surface area (Å²) in [6.45, 7) is 9.83. The quantitative estimate of drug-likeness (QED) is 0.913. The molecular weight excluding hydrogens is 260 g/mol. The summed E-state index contributed by atoms with van der Waals surface area (Å²) >= 11 is 0. The zero-order valence-electron chi connectivity index (χ0n) is 12.1. The Morgan fingerprint density at radius 3 is 2.53 bits per heavy atom. The molecule has 0 unspecified atom stereocenters. The van der Waals surface area contributed by atoms with Crippen LogP contribution in [0.2, 0.25) is 0 Å². The lowest BCUT2D eigenvalue weighted by Gasteiger charge is -2.27. The van der Waals surface area contributed by atoms with Crippen LogP contribution in [-0.4, -0.2) is 49.2 Å². The molecule has 0 atom stereocenters. The standard InChI is InChI=1S/C14H24N4.ClH/c1-12(2)17(3)14-5-4-13(10-16-14)11-18-8-6-15-7-9-18;/h4-5,10,12,15H,6-9,11H2,1-3H3;1H. The molecule has 0 bridgehead atoms. The second-order valence-electron chi connectivity index (χ2n) is 5.26. The van der Waals surface area contributed by atoms with E-state index >= 15 is 0 Å². The lowest BCUT2D eigenvalue weighted by Crippen LogP contribution is -2.42. The number of piperazine rings is 1. The lowest BCUT2D eigenvalue weighted by molar-refractivity contribution is 0.233. The zero-order chi connectivity index (χ0) is 13.0. The molecule has 1 N–H and O–H groups in total. The lowest BCUT2D eigenvalue weighted by atomic mass is 10.2. The minimum Gasteiger partial charge on any atom is -0.357 e. The predicted molar refractivity (Wildman–Crippen MR) is 83.2 cm³/mol. The normalized spacial score (nSPS) is 16.2. The van der Waals surface area contributed by atoms with E-state index in [-0.39, 0.29) is 12.4 Å². The maximum atomic E-state index is 4.55. The maximum absolute atomic E-state index is 4.55. The minimum atomic E-state index is 0. The molecule has 2 rings (SSSR count). The van der Waals surface area contributed by atoms with Crippen molar-refractivity contribution in [1.29, 1.82) is 0 Å². The van der Waals surface area contributed by atoms with Crippen LogP contribution < -0.4 is 10.2 Å². The van der Waals surface area contributed by atoms with Gasteiger partial charge in [0.15, 0.2) is 0 Å². The molecule has 0 aliphatic carbocycles. The average Bonchev–Trinajstić information content (AvgIpc) is 2.40. The molecule has 1 fully saturated rings. The molecule has 1 aromatic rings. The summed E-state index contributed by atoms with van der Waals surface area (Å²) in [6.07, 6.45) is 2.01. The largest absolute Gasteiger partial charge is 0.357 e. The summed E-state index contributed by atoms with van der Waals surface area (Å²) in [5, 5.41) is 3.37. The highest BCUT2D eigenvalue weighted by molar-refractivity contribution is 5.85. The highest BCUT2D eigenvalue weighted by atomic mass is 35.5. The Hall–Kier alpha value is -0.840. The van der Waals surface area contributed by atoms with Crippen LogP contribution in [0.3, 0.4) is 0 Å². The van der Waals surface area contributed by atoms with E-state index in [1.54, 1.807) is 0 Å². The average molecular weight is 285 g/mol. The Kier molecular flexibility index (Phi) is 6.55. The van der Waals surface area contributed by atoms with Gasteiger partial charge in [-0.15, -0.1) is 12.4 Å². The summed E-state index contributed by atoms with van der Waals surface area (Å²) in [6, 6.07) is 4.80. The van der Waals surface area contributed by atoms with Gasteiger partial charge < -0.3 is 10.2 Å². The number of anilines is 1. The van der Waals surface area contributed by atoms with Gasteiger partial charge in [0.2, 0.25) is 0 Å². The van der Waals surface area contributed by atoms with E-state index in [0.717, 1.165) is 38.5 Å². The van der Waals surface area contributed by atoms with E-state index in [1.807, 2.05) is 6.20 Å². The van der Waals surface area contributed by atoms with Crippen LogP contribution in [0.5, 0.6) is 0 Å².